The molecule has 8 heteroatoms. The van der Waals surface area contributed by atoms with Crippen molar-refractivity contribution in [3.05, 3.63) is 47.8 Å². The monoisotopic (exact) mass is 407 g/mol. The Labute approximate surface area is 165 Å². The van der Waals surface area contributed by atoms with Gasteiger partial charge in [-0.2, -0.15) is 0 Å². The second-order valence-electron chi connectivity index (χ2n) is 7.06. The lowest BCUT2D eigenvalue weighted by molar-refractivity contribution is 0.236. The third-order valence-electron chi connectivity index (χ3n) is 4.74. The fourth-order valence-electron chi connectivity index (χ4n) is 3.05. The first-order valence-corrected chi connectivity index (χ1v) is 10.9. The van der Waals surface area contributed by atoms with Gasteiger partial charge in [-0.25, -0.2) is 8.42 Å². The number of nitrogens with zero attached hydrogens (tertiary/aromatic N) is 1. The lowest BCUT2D eigenvalue weighted by Crippen LogP contribution is -2.40. The van der Waals surface area contributed by atoms with Crippen molar-refractivity contribution in [1.29, 1.82) is 0 Å². The van der Waals surface area contributed by atoms with Crippen LogP contribution in [0.2, 0.25) is 0 Å². The normalized spacial score (nSPS) is 17.5. The summed E-state index contributed by atoms with van der Waals surface area (Å²) in [5.74, 6) is 0.337. The molecule has 0 bridgehead atoms. The van der Waals surface area contributed by atoms with Crippen LogP contribution in [0.5, 0.6) is 5.75 Å². The first kappa shape index (κ1) is 20.5. The molecule has 1 aromatic heterocycles. The predicted molar refractivity (Wildman–Crippen MR) is 107 cm³/mol. The van der Waals surface area contributed by atoms with E-state index >= 15 is 0 Å². The molecule has 2 N–H and O–H groups in total. The number of alkyl halides is 1. The molecule has 1 aromatic carbocycles. The van der Waals surface area contributed by atoms with Crippen molar-refractivity contribution >= 4 is 15.7 Å². The minimum Gasteiger partial charge on any atom is -0.490 e. The van der Waals surface area contributed by atoms with Gasteiger partial charge in [-0.1, -0.05) is 26.0 Å². The van der Waals surface area contributed by atoms with E-state index in [2.05, 4.69) is 21.9 Å². The molecule has 2 atom stereocenters. The van der Waals surface area contributed by atoms with Gasteiger partial charge in [0.1, 0.15) is 12.4 Å². The number of sulfonamides is 1. The number of hydrogen-bond acceptors (Lipinski definition) is 5. The largest absolute Gasteiger partial charge is 0.490 e. The molecule has 0 amide bonds. The molecule has 0 spiro atoms. The van der Waals surface area contributed by atoms with E-state index in [0.717, 1.165) is 30.6 Å². The zero-order valence-electron chi connectivity index (χ0n) is 16.1. The van der Waals surface area contributed by atoms with Crippen LogP contribution in [0, 0.1) is 0 Å². The lowest BCUT2D eigenvalue weighted by atomic mass is 10.0. The lowest BCUT2D eigenvalue weighted by Gasteiger charge is -2.25. The van der Waals surface area contributed by atoms with E-state index in [9.17, 15) is 12.8 Å². The van der Waals surface area contributed by atoms with Crippen LogP contribution >= 0.6 is 0 Å². The van der Waals surface area contributed by atoms with E-state index in [4.69, 9.17) is 4.74 Å². The van der Waals surface area contributed by atoms with Crippen LogP contribution in [0.1, 0.15) is 37.4 Å². The first-order valence-electron chi connectivity index (χ1n) is 9.46. The molecule has 2 heterocycles. The fraction of sp³-hybridized carbons (Fsp3) is 0.450. The van der Waals surface area contributed by atoms with Crippen LogP contribution in [0.3, 0.4) is 0 Å². The van der Waals surface area contributed by atoms with Gasteiger partial charge in [0.15, 0.2) is 0 Å². The molecular weight excluding hydrogens is 381 g/mol. The van der Waals surface area contributed by atoms with E-state index < -0.39 is 16.7 Å². The topological polar surface area (TPSA) is 80.3 Å². The molecule has 28 heavy (non-hydrogen) atoms. The van der Waals surface area contributed by atoms with Gasteiger partial charge < -0.3 is 10.1 Å². The van der Waals surface area contributed by atoms with Crippen molar-refractivity contribution in [2.45, 2.75) is 43.5 Å². The minimum atomic E-state index is -3.76. The number of halogens is 1. The zero-order chi connectivity index (χ0) is 20.1. The van der Waals surface area contributed by atoms with E-state index in [0.29, 0.717) is 18.0 Å². The highest BCUT2D eigenvalue weighted by Gasteiger charge is 2.22. The molecule has 0 saturated heterocycles. The summed E-state index contributed by atoms with van der Waals surface area (Å²) in [6.07, 6.45) is 3.29. The van der Waals surface area contributed by atoms with Crippen molar-refractivity contribution in [2.75, 3.05) is 24.5 Å². The number of benzene rings is 1. The summed E-state index contributed by atoms with van der Waals surface area (Å²) < 4.78 is 46.3. The molecule has 0 saturated carbocycles. The third-order valence-corrected chi connectivity index (χ3v) is 6.13. The van der Waals surface area contributed by atoms with Crippen LogP contribution in [0.15, 0.2) is 41.4 Å². The Morgan fingerprint density at radius 2 is 2.07 bits per heavy atom. The summed E-state index contributed by atoms with van der Waals surface area (Å²) in [5.41, 5.74) is 1.92. The number of aromatic nitrogens is 1. The van der Waals surface area contributed by atoms with E-state index in [-0.39, 0.29) is 16.9 Å². The van der Waals surface area contributed by atoms with Gasteiger partial charge >= 0.3 is 0 Å². The fourth-order valence-corrected chi connectivity index (χ4v) is 4.08. The van der Waals surface area contributed by atoms with Gasteiger partial charge in [-0.3, -0.25) is 14.1 Å². The number of nitrogens with one attached hydrogen (secondary N) is 2. The minimum absolute atomic E-state index is 0.116. The Balaban J connectivity index is 1.71. The number of rotatable bonds is 8. The Kier molecular flexibility index (Phi) is 6.51. The van der Waals surface area contributed by atoms with E-state index in [1.807, 2.05) is 0 Å². The average Bonchev–Trinajstić information content (AvgIpc) is 2.71. The molecule has 2 aromatic rings. The number of hydrogen-bond donors (Lipinski definition) is 2. The van der Waals surface area contributed by atoms with Crippen molar-refractivity contribution < 1.29 is 17.5 Å². The van der Waals surface area contributed by atoms with Gasteiger partial charge in [0.2, 0.25) is 0 Å². The zero-order valence-corrected chi connectivity index (χ0v) is 16.9. The van der Waals surface area contributed by atoms with Crippen LogP contribution in [-0.4, -0.2) is 39.3 Å². The number of fused-ring (bicyclic) bond motifs is 1. The smallest absolute Gasteiger partial charge is 0.261 e. The summed E-state index contributed by atoms with van der Waals surface area (Å²) in [4.78, 5) is 4.49. The van der Waals surface area contributed by atoms with Gasteiger partial charge in [-0.05, 0) is 30.7 Å². The standard InChI is InChI=1S/C20H26FN3O3S/c1-3-8-22-17-9-19-20(27-13-17)10-16(12-23-19)24-28(25,26)18-6-4-15(5-7-18)14(2)11-21/h4-7,10,12,14,17,22,24H,3,8-9,11,13H2,1-2H3/t14?,17-/m0/s1. The highest BCUT2D eigenvalue weighted by molar-refractivity contribution is 7.92. The SMILES string of the molecule is CCCN[C@@H]1COc2cc(NS(=O)(=O)c3ccc(C(C)CF)cc3)cnc2C1. The van der Waals surface area contributed by atoms with Gasteiger partial charge in [0.05, 0.1) is 29.1 Å². The van der Waals surface area contributed by atoms with Crippen LogP contribution < -0.4 is 14.8 Å². The second kappa shape index (κ2) is 8.87. The van der Waals surface area contributed by atoms with Crippen LogP contribution in [0.25, 0.3) is 0 Å². The second-order valence-corrected chi connectivity index (χ2v) is 8.75. The Bertz CT molecular complexity index is 903. The molecule has 3 rings (SSSR count). The van der Waals surface area contributed by atoms with E-state index in [1.54, 1.807) is 25.1 Å². The quantitative estimate of drug-likeness (QED) is 0.702. The van der Waals surface area contributed by atoms with Crippen LogP contribution in [-0.2, 0) is 16.4 Å². The summed E-state index contributed by atoms with van der Waals surface area (Å²) >= 11 is 0. The summed E-state index contributed by atoms with van der Waals surface area (Å²) in [7, 11) is -3.76. The third kappa shape index (κ3) is 4.80. The highest BCUT2D eigenvalue weighted by Crippen LogP contribution is 2.27. The molecule has 1 unspecified atom stereocenters. The number of anilines is 1. The van der Waals surface area contributed by atoms with E-state index in [1.165, 1.54) is 18.3 Å². The Morgan fingerprint density at radius 3 is 2.75 bits per heavy atom. The van der Waals surface area contributed by atoms with Gasteiger partial charge in [-0.15, -0.1) is 0 Å². The van der Waals surface area contributed by atoms with Crippen molar-refractivity contribution in [1.82, 2.24) is 10.3 Å². The molecule has 1 aliphatic rings. The van der Waals surface area contributed by atoms with Crippen LogP contribution in [0.4, 0.5) is 10.1 Å². The molecule has 152 valence electrons. The molecule has 0 aliphatic carbocycles. The molecular formula is C20H26FN3O3S. The van der Waals surface area contributed by atoms with Crippen molar-refractivity contribution in [3.8, 4) is 5.75 Å². The molecule has 0 radical (unpaired) electrons. The molecule has 0 fully saturated rings. The average molecular weight is 408 g/mol. The number of pyridine rings is 1. The van der Waals surface area contributed by atoms with Gasteiger partial charge in [0, 0.05) is 24.4 Å². The number of ether oxygens (including phenoxy) is 1. The maximum Gasteiger partial charge on any atom is 0.261 e. The van der Waals surface area contributed by atoms with Crippen molar-refractivity contribution in [2.24, 2.45) is 0 Å². The maximum atomic E-state index is 12.8. The summed E-state index contributed by atoms with van der Waals surface area (Å²) in [6.45, 7) is 4.82. The summed E-state index contributed by atoms with van der Waals surface area (Å²) in [5, 5.41) is 3.40. The summed E-state index contributed by atoms with van der Waals surface area (Å²) in [6, 6.07) is 8.11. The Morgan fingerprint density at radius 1 is 1.32 bits per heavy atom. The maximum absolute atomic E-state index is 12.8. The molecule has 6 nitrogen and oxygen atoms in total. The molecule has 1 aliphatic heterocycles. The highest BCUT2D eigenvalue weighted by atomic mass is 32.2. The van der Waals surface area contributed by atoms with Gasteiger partial charge in [0.25, 0.3) is 10.0 Å². The Hall–Kier alpha value is -2.19. The predicted octanol–water partition coefficient (Wildman–Crippen LogP) is 3.26. The van der Waals surface area contributed by atoms with Crippen molar-refractivity contribution in [3.63, 3.8) is 0 Å². The first-order chi connectivity index (χ1) is 13.4.